The van der Waals surface area contributed by atoms with E-state index in [1.165, 1.54) is 0 Å². The zero-order chi connectivity index (χ0) is 18.4. The number of rotatable bonds is 6. The molecule has 0 radical (unpaired) electrons. The van der Waals surface area contributed by atoms with Crippen molar-refractivity contribution in [1.82, 2.24) is 20.2 Å². The topological polar surface area (TPSA) is 70.6 Å². The molecule has 7 nitrogen and oxygen atoms in total. The molecule has 1 amide bonds. The SMILES string of the molecule is COc1ccc(CNC(=O)[C@H](C)N2CCN(c3ncccn3)CC2)cc1. The van der Waals surface area contributed by atoms with Gasteiger partial charge in [0.15, 0.2) is 0 Å². The van der Waals surface area contributed by atoms with Gasteiger partial charge in [-0.05, 0) is 30.7 Å². The number of piperazine rings is 1. The Hall–Kier alpha value is -2.67. The molecule has 0 unspecified atom stereocenters. The van der Waals surface area contributed by atoms with Crippen LogP contribution >= 0.6 is 0 Å². The normalized spacial score (nSPS) is 16.2. The molecule has 26 heavy (non-hydrogen) atoms. The predicted octanol–water partition coefficient (Wildman–Crippen LogP) is 1.31. The fourth-order valence-corrected chi connectivity index (χ4v) is 3.01. The Kier molecular flexibility index (Phi) is 6.01. The summed E-state index contributed by atoms with van der Waals surface area (Å²) in [6.45, 7) is 5.74. The van der Waals surface area contributed by atoms with E-state index in [9.17, 15) is 4.79 Å². The van der Waals surface area contributed by atoms with Crippen molar-refractivity contribution in [3.8, 4) is 5.75 Å². The zero-order valence-corrected chi connectivity index (χ0v) is 15.3. The molecular formula is C19H25N5O2. The first kappa shape index (κ1) is 18.1. The molecule has 138 valence electrons. The molecule has 1 aromatic carbocycles. The Bertz CT molecular complexity index is 700. The minimum Gasteiger partial charge on any atom is -0.497 e. The van der Waals surface area contributed by atoms with Crippen molar-refractivity contribution in [2.45, 2.75) is 19.5 Å². The maximum atomic E-state index is 12.5. The lowest BCUT2D eigenvalue weighted by atomic mass is 10.2. The molecule has 3 rings (SSSR count). The average molecular weight is 355 g/mol. The van der Waals surface area contributed by atoms with E-state index in [4.69, 9.17) is 4.74 Å². The maximum absolute atomic E-state index is 12.5. The number of methoxy groups -OCH3 is 1. The Morgan fingerprint density at radius 3 is 2.42 bits per heavy atom. The zero-order valence-electron chi connectivity index (χ0n) is 15.3. The van der Waals surface area contributed by atoms with E-state index in [0.717, 1.165) is 43.4 Å². The van der Waals surface area contributed by atoms with Crippen LogP contribution in [0.2, 0.25) is 0 Å². The second-order valence-corrected chi connectivity index (χ2v) is 6.31. The van der Waals surface area contributed by atoms with Crippen LogP contribution in [0.3, 0.4) is 0 Å². The molecule has 0 spiro atoms. The van der Waals surface area contributed by atoms with Crippen LogP contribution in [0.15, 0.2) is 42.7 Å². The molecule has 0 saturated carbocycles. The second-order valence-electron chi connectivity index (χ2n) is 6.31. The molecule has 1 fully saturated rings. The number of nitrogens with one attached hydrogen (secondary N) is 1. The van der Waals surface area contributed by atoms with Crippen molar-refractivity contribution in [1.29, 1.82) is 0 Å². The minimum atomic E-state index is -0.160. The number of carbonyl (C=O) groups excluding carboxylic acids is 1. The molecule has 1 aliphatic rings. The molecule has 1 N–H and O–H groups in total. The first-order valence-corrected chi connectivity index (χ1v) is 8.84. The molecule has 1 saturated heterocycles. The number of anilines is 1. The minimum absolute atomic E-state index is 0.0465. The third kappa shape index (κ3) is 4.49. The van der Waals surface area contributed by atoms with Gasteiger partial charge >= 0.3 is 0 Å². The molecule has 2 heterocycles. The number of benzene rings is 1. The first-order valence-electron chi connectivity index (χ1n) is 8.84. The Morgan fingerprint density at radius 1 is 1.15 bits per heavy atom. The summed E-state index contributed by atoms with van der Waals surface area (Å²) in [5.41, 5.74) is 1.05. The number of aromatic nitrogens is 2. The van der Waals surface area contributed by atoms with Crippen LogP contribution in [0.5, 0.6) is 5.75 Å². The van der Waals surface area contributed by atoms with Gasteiger partial charge in [0.2, 0.25) is 11.9 Å². The fourth-order valence-electron chi connectivity index (χ4n) is 3.01. The van der Waals surface area contributed by atoms with Gasteiger partial charge in [-0.3, -0.25) is 9.69 Å². The molecule has 7 heteroatoms. The third-order valence-electron chi connectivity index (χ3n) is 4.70. The second kappa shape index (κ2) is 8.62. The number of hydrogen-bond acceptors (Lipinski definition) is 6. The Labute approximate surface area is 154 Å². The van der Waals surface area contributed by atoms with Crippen molar-refractivity contribution in [2.75, 3.05) is 38.2 Å². The van der Waals surface area contributed by atoms with Gasteiger partial charge in [0, 0.05) is 45.1 Å². The van der Waals surface area contributed by atoms with Gasteiger partial charge in [0.05, 0.1) is 13.2 Å². The van der Waals surface area contributed by atoms with Crippen LogP contribution < -0.4 is 15.0 Å². The number of nitrogens with zero attached hydrogens (tertiary/aromatic N) is 4. The van der Waals surface area contributed by atoms with Crippen molar-refractivity contribution in [3.05, 3.63) is 48.3 Å². The van der Waals surface area contributed by atoms with E-state index in [1.807, 2.05) is 37.3 Å². The van der Waals surface area contributed by atoms with Crippen molar-refractivity contribution in [2.24, 2.45) is 0 Å². The fraction of sp³-hybridized carbons (Fsp3) is 0.421. The molecule has 2 aromatic rings. The summed E-state index contributed by atoms with van der Waals surface area (Å²) in [5.74, 6) is 1.61. The summed E-state index contributed by atoms with van der Waals surface area (Å²) in [6, 6.07) is 9.37. The van der Waals surface area contributed by atoms with Crippen molar-refractivity contribution in [3.63, 3.8) is 0 Å². The van der Waals surface area contributed by atoms with Gasteiger partial charge < -0.3 is 15.0 Å². The monoisotopic (exact) mass is 355 g/mol. The summed E-state index contributed by atoms with van der Waals surface area (Å²) in [4.78, 5) is 25.4. The highest BCUT2D eigenvalue weighted by atomic mass is 16.5. The van der Waals surface area contributed by atoms with E-state index in [-0.39, 0.29) is 11.9 Å². The summed E-state index contributed by atoms with van der Waals surface area (Å²) in [6.07, 6.45) is 3.51. The van der Waals surface area contributed by atoms with E-state index in [2.05, 4.69) is 25.1 Å². The standard InChI is InChI=1S/C19H25N5O2/c1-15(18(25)22-14-16-4-6-17(26-2)7-5-16)23-10-12-24(13-11-23)19-20-8-3-9-21-19/h3-9,15H,10-14H2,1-2H3,(H,22,25)/t15-/m0/s1. The van der Waals surface area contributed by atoms with E-state index in [0.29, 0.717) is 6.54 Å². The van der Waals surface area contributed by atoms with Gasteiger partial charge in [-0.1, -0.05) is 12.1 Å². The van der Waals surface area contributed by atoms with Crippen LogP contribution in [0.4, 0.5) is 5.95 Å². The van der Waals surface area contributed by atoms with Crippen LogP contribution in [0.25, 0.3) is 0 Å². The number of carbonyl (C=O) groups is 1. The Balaban J connectivity index is 1.46. The summed E-state index contributed by atoms with van der Waals surface area (Å²) < 4.78 is 5.15. The lowest BCUT2D eigenvalue weighted by molar-refractivity contribution is -0.126. The lowest BCUT2D eigenvalue weighted by Crippen LogP contribution is -2.54. The average Bonchev–Trinajstić information content (AvgIpc) is 2.72. The quantitative estimate of drug-likeness (QED) is 0.843. The molecule has 1 aliphatic heterocycles. The van der Waals surface area contributed by atoms with Gasteiger partial charge in [-0.25, -0.2) is 9.97 Å². The largest absolute Gasteiger partial charge is 0.497 e. The highest BCUT2D eigenvalue weighted by Gasteiger charge is 2.26. The summed E-state index contributed by atoms with van der Waals surface area (Å²) in [5, 5.41) is 3.02. The Morgan fingerprint density at radius 2 is 1.81 bits per heavy atom. The summed E-state index contributed by atoms with van der Waals surface area (Å²) in [7, 11) is 1.64. The lowest BCUT2D eigenvalue weighted by Gasteiger charge is -2.37. The van der Waals surface area contributed by atoms with Gasteiger partial charge in [0.25, 0.3) is 0 Å². The molecule has 0 aliphatic carbocycles. The summed E-state index contributed by atoms with van der Waals surface area (Å²) >= 11 is 0. The van der Waals surface area contributed by atoms with Gasteiger partial charge in [0.1, 0.15) is 5.75 Å². The first-order chi connectivity index (χ1) is 12.7. The van der Waals surface area contributed by atoms with Crippen molar-refractivity contribution >= 4 is 11.9 Å². The highest BCUT2D eigenvalue weighted by Crippen LogP contribution is 2.13. The van der Waals surface area contributed by atoms with Crippen molar-refractivity contribution < 1.29 is 9.53 Å². The molecule has 1 atom stereocenters. The predicted molar refractivity (Wildman–Crippen MR) is 100 cm³/mol. The van der Waals surface area contributed by atoms with Crippen LogP contribution in [-0.2, 0) is 11.3 Å². The number of hydrogen-bond donors (Lipinski definition) is 1. The van der Waals surface area contributed by atoms with Gasteiger partial charge in [-0.2, -0.15) is 0 Å². The number of amides is 1. The molecule has 0 bridgehead atoms. The van der Waals surface area contributed by atoms with E-state index < -0.39 is 0 Å². The van der Waals surface area contributed by atoms with Crippen LogP contribution in [0, 0.1) is 0 Å². The van der Waals surface area contributed by atoms with Gasteiger partial charge in [-0.15, -0.1) is 0 Å². The molecular weight excluding hydrogens is 330 g/mol. The van der Waals surface area contributed by atoms with Crippen LogP contribution in [-0.4, -0.2) is 60.1 Å². The van der Waals surface area contributed by atoms with E-state index in [1.54, 1.807) is 19.5 Å². The number of ether oxygens (including phenoxy) is 1. The van der Waals surface area contributed by atoms with E-state index >= 15 is 0 Å². The maximum Gasteiger partial charge on any atom is 0.237 e. The van der Waals surface area contributed by atoms with Crippen LogP contribution in [0.1, 0.15) is 12.5 Å². The highest BCUT2D eigenvalue weighted by molar-refractivity contribution is 5.81. The smallest absolute Gasteiger partial charge is 0.237 e. The third-order valence-corrected chi connectivity index (χ3v) is 4.70. The molecule has 1 aromatic heterocycles.